The Labute approximate surface area is 117 Å². The van der Waals surface area contributed by atoms with Gasteiger partial charge < -0.3 is 15.0 Å². The molecule has 0 aromatic rings. The Morgan fingerprint density at radius 3 is 2.63 bits per heavy atom. The monoisotopic (exact) mass is 270 g/mol. The van der Waals surface area contributed by atoms with Gasteiger partial charge in [-0.05, 0) is 37.3 Å². The summed E-state index contributed by atoms with van der Waals surface area (Å²) in [5, 5.41) is 3.20. The topological polar surface area (TPSA) is 41.6 Å². The second-order valence-corrected chi connectivity index (χ2v) is 6.57. The third-order valence-electron chi connectivity index (χ3n) is 4.17. The lowest BCUT2D eigenvalue weighted by molar-refractivity contribution is -0.143. The van der Waals surface area contributed by atoms with Crippen molar-refractivity contribution in [1.29, 1.82) is 0 Å². The van der Waals surface area contributed by atoms with E-state index in [1.165, 1.54) is 13.5 Å². The van der Waals surface area contributed by atoms with Crippen LogP contribution in [0.2, 0.25) is 0 Å². The Morgan fingerprint density at radius 2 is 2.16 bits per heavy atom. The lowest BCUT2D eigenvalue weighted by atomic mass is 9.80. The fraction of sp³-hybridized carbons (Fsp3) is 0.933. The normalized spacial score (nSPS) is 22.5. The smallest absolute Gasteiger partial charge is 0.322 e. The van der Waals surface area contributed by atoms with Gasteiger partial charge in [-0.15, -0.1) is 0 Å². The summed E-state index contributed by atoms with van der Waals surface area (Å²) in [6, 6.07) is -0.163. The first-order valence-electron chi connectivity index (χ1n) is 7.42. The van der Waals surface area contributed by atoms with Gasteiger partial charge >= 0.3 is 5.97 Å². The van der Waals surface area contributed by atoms with Gasteiger partial charge in [-0.25, -0.2) is 0 Å². The molecule has 1 heterocycles. The first-order valence-corrected chi connectivity index (χ1v) is 7.42. The summed E-state index contributed by atoms with van der Waals surface area (Å²) in [7, 11) is 1.46. The van der Waals surface area contributed by atoms with Gasteiger partial charge in [0.2, 0.25) is 0 Å². The summed E-state index contributed by atoms with van der Waals surface area (Å²) in [4.78, 5) is 14.1. The summed E-state index contributed by atoms with van der Waals surface area (Å²) < 4.78 is 4.84. The van der Waals surface area contributed by atoms with Crippen LogP contribution in [0.3, 0.4) is 0 Å². The summed E-state index contributed by atoms with van der Waals surface area (Å²) in [5.41, 5.74) is 0.387. The van der Waals surface area contributed by atoms with Gasteiger partial charge in [-0.3, -0.25) is 4.79 Å². The number of nitrogens with one attached hydrogen (secondary N) is 1. The van der Waals surface area contributed by atoms with E-state index >= 15 is 0 Å². The van der Waals surface area contributed by atoms with Crippen molar-refractivity contribution in [3.63, 3.8) is 0 Å². The standard InChI is InChI=1S/C15H30N2O2/c1-6-16-13(14(18)19-5)8-10-17-9-7-12(11-17)15(2,3)4/h12-13,16H,6-11H2,1-5H3. The van der Waals surface area contributed by atoms with Gasteiger partial charge in [-0.1, -0.05) is 27.7 Å². The minimum atomic E-state index is -0.163. The minimum absolute atomic E-state index is 0.145. The number of nitrogens with zero attached hydrogens (tertiary/aromatic N) is 1. The van der Waals surface area contributed by atoms with E-state index in [4.69, 9.17) is 4.74 Å². The van der Waals surface area contributed by atoms with Crippen LogP contribution in [0.25, 0.3) is 0 Å². The lowest BCUT2D eigenvalue weighted by Gasteiger charge is -2.27. The van der Waals surface area contributed by atoms with Crippen LogP contribution in [-0.4, -0.2) is 50.2 Å². The minimum Gasteiger partial charge on any atom is -0.468 e. The number of esters is 1. The van der Waals surface area contributed by atoms with Crippen molar-refractivity contribution in [3.8, 4) is 0 Å². The molecule has 0 aromatic carbocycles. The van der Waals surface area contributed by atoms with Gasteiger partial charge in [0.05, 0.1) is 7.11 Å². The number of likely N-dealkylation sites (tertiary alicyclic amines) is 1. The molecular formula is C15H30N2O2. The van der Waals surface area contributed by atoms with Gasteiger partial charge in [0.15, 0.2) is 0 Å². The molecule has 0 aromatic heterocycles. The lowest BCUT2D eigenvalue weighted by Crippen LogP contribution is -2.40. The number of carbonyl (C=O) groups excluding carboxylic acids is 1. The summed E-state index contributed by atoms with van der Waals surface area (Å²) in [5.74, 6) is 0.622. The molecule has 1 saturated heterocycles. The van der Waals surface area contributed by atoms with E-state index in [1.807, 2.05) is 6.92 Å². The molecule has 1 fully saturated rings. The highest BCUT2D eigenvalue weighted by atomic mass is 16.5. The molecule has 4 nitrogen and oxygen atoms in total. The Hall–Kier alpha value is -0.610. The van der Waals surface area contributed by atoms with Crippen LogP contribution in [0.5, 0.6) is 0 Å². The van der Waals surface area contributed by atoms with E-state index in [9.17, 15) is 4.79 Å². The predicted molar refractivity (Wildman–Crippen MR) is 78.1 cm³/mol. The van der Waals surface area contributed by atoms with E-state index in [0.29, 0.717) is 5.41 Å². The summed E-state index contributed by atoms with van der Waals surface area (Å²) >= 11 is 0. The molecule has 1 aliphatic rings. The molecule has 112 valence electrons. The van der Waals surface area contributed by atoms with Crippen LogP contribution in [0, 0.1) is 11.3 Å². The molecule has 1 aliphatic heterocycles. The number of methoxy groups -OCH3 is 1. The molecule has 0 amide bonds. The van der Waals surface area contributed by atoms with Crippen LogP contribution in [0.15, 0.2) is 0 Å². The fourth-order valence-corrected chi connectivity index (χ4v) is 2.75. The molecule has 0 radical (unpaired) electrons. The SMILES string of the molecule is CCNC(CCN1CCC(C(C)(C)C)C1)C(=O)OC. The second kappa shape index (κ2) is 7.25. The van der Waals surface area contributed by atoms with Crippen LogP contribution < -0.4 is 5.32 Å². The molecule has 1 N–H and O–H groups in total. The van der Waals surface area contributed by atoms with E-state index < -0.39 is 0 Å². The molecule has 0 aliphatic carbocycles. The van der Waals surface area contributed by atoms with Gasteiger partial charge in [0.25, 0.3) is 0 Å². The van der Waals surface area contributed by atoms with Gasteiger partial charge in [0, 0.05) is 13.1 Å². The van der Waals surface area contributed by atoms with Crippen molar-refractivity contribution in [2.45, 2.75) is 46.6 Å². The number of rotatable bonds is 6. The third kappa shape index (κ3) is 5.11. The first kappa shape index (κ1) is 16.4. The number of hydrogen-bond donors (Lipinski definition) is 1. The molecule has 1 rings (SSSR count). The summed E-state index contributed by atoms with van der Waals surface area (Å²) in [6.45, 7) is 13.0. The van der Waals surface area contributed by atoms with Gasteiger partial charge in [0.1, 0.15) is 6.04 Å². The molecule has 0 spiro atoms. The van der Waals surface area contributed by atoms with E-state index in [2.05, 4.69) is 31.0 Å². The van der Waals surface area contributed by atoms with Crippen molar-refractivity contribution >= 4 is 5.97 Å². The van der Waals surface area contributed by atoms with Gasteiger partial charge in [-0.2, -0.15) is 0 Å². The van der Waals surface area contributed by atoms with Crippen molar-refractivity contribution in [3.05, 3.63) is 0 Å². The van der Waals surface area contributed by atoms with E-state index in [0.717, 1.165) is 38.5 Å². The first-order chi connectivity index (χ1) is 8.88. The van der Waals surface area contributed by atoms with Crippen molar-refractivity contribution in [2.75, 3.05) is 33.3 Å². The highest BCUT2D eigenvalue weighted by molar-refractivity contribution is 5.75. The highest BCUT2D eigenvalue weighted by Gasteiger charge is 2.32. The zero-order valence-electron chi connectivity index (χ0n) is 13.2. The molecule has 0 bridgehead atoms. The van der Waals surface area contributed by atoms with Crippen LogP contribution in [-0.2, 0) is 9.53 Å². The number of ether oxygens (including phenoxy) is 1. The molecule has 0 saturated carbocycles. The molecule has 4 heteroatoms. The Kier molecular flexibility index (Phi) is 6.27. The number of carbonyl (C=O) groups is 1. The van der Waals surface area contributed by atoms with Crippen molar-refractivity contribution in [2.24, 2.45) is 11.3 Å². The number of likely N-dealkylation sites (N-methyl/N-ethyl adjacent to an activating group) is 1. The Bertz CT molecular complexity index is 286. The zero-order valence-corrected chi connectivity index (χ0v) is 13.2. The van der Waals surface area contributed by atoms with Crippen LogP contribution in [0.1, 0.15) is 40.5 Å². The van der Waals surface area contributed by atoms with E-state index in [1.54, 1.807) is 0 Å². The summed E-state index contributed by atoms with van der Waals surface area (Å²) in [6.07, 6.45) is 2.10. The van der Waals surface area contributed by atoms with E-state index in [-0.39, 0.29) is 12.0 Å². The average molecular weight is 270 g/mol. The van der Waals surface area contributed by atoms with Crippen LogP contribution in [0.4, 0.5) is 0 Å². The molecule has 2 unspecified atom stereocenters. The zero-order chi connectivity index (χ0) is 14.5. The molecule has 19 heavy (non-hydrogen) atoms. The maximum absolute atomic E-state index is 11.6. The maximum Gasteiger partial charge on any atom is 0.322 e. The largest absolute Gasteiger partial charge is 0.468 e. The second-order valence-electron chi connectivity index (χ2n) is 6.57. The quantitative estimate of drug-likeness (QED) is 0.749. The Balaban J connectivity index is 2.38. The molecule has 2 atom stereocenters. The maximum atomic E-state index is 11.6. The predicted octanol–water partition coefficient (Wildman–Crippen LogP) is 1.90. The van der Waals surface area contributed by atoms with Crippen molar-refractivity contribution < 1.29 is 9.53 Å². The highest BCUT2D eigenvalue weighted by Crippen LogP contribution is 2.33. The average Bonchev–Trinajstić information content (AvgIpc) is 2.82. The van der Waals surface area contributed by atoms with Crippen molar-refractivity contribution in [1.82, 2.24) is 10.2 Å². The Morgan fingerprint density at radius 1 is 1.47 bits per heavy atom. The molecular weight excluding hydrogens is 240 g/mol. The fourth-order valence-electron chi connectivity index (χ4n) is 2.75. The third-order valence-corrected chi connectivity index (χ3v) is 4.17. The number of hydrogen-bond acceptors (Lipinski definition) is 4. The van der Waals surface area contributed by atoms with Crippen LogP contribution >= 0.6 is 0 Å².